The second kappa shape index (κ2) is 3.52. The molecule has 0 aromatic carbocycles. The summed E-state index contributed by atoms with van der Waals surface area (Å²) in [5.74, 6) is -0.624. The molecule has 3 nitrogen and oxygen atoms in total. The zero-order chi connectivity index (χ0) is 11.9. The third-order valence-corrected chi connectivity index (χ3v) is 4.19. The number of hydrogen-bond donors (Lipinski definition) is 1. The summed E-state index contributed by atoms with van der Waals surface area (Å²) in [5, 5.41) is 11.8. The van der Waals surface area contributed by atoms with Gasteiger partial charge in [0, 0.05) is 6.04 Å². The highest BCUT2D eigenvalue weighted by Gasteiger charge is 2.65. The Morgan fingerprint density at radius 1 is 1.40 bits per heavy atom. The van der Waals surface area contributed by atoms with Gasteiger partial charge in [-0.25, -0.2) is 0 Å². The fourth-order valence-electron chi connectivity index (χ4n) is 2.14. The fourth-order valence-corrected chi connectivity index (χ4v) is 2.14. The highest BCUT2D eigenvalue weighted by molar-refractivity contribution is 5.81. The van der Waals surface area contributed by atoms with Gasteiger partial charge in [0.2, 0.25) is 5.91 Å². The SMILES string of the molecule is CCC(C#N)C(=O)NC1C(C)(C)C1(C)C. The van der Waals surface area contributed by atoms with Crippen LogP contribution in [-0.2, 0) is 4.79 Å². The van der Waals surface area contributed by atoms with Gasteiger partial charge in [-0.15, -0.1) is 0 Å². The number of nitriles is 1. The van der Waals surface area contributed by atoms with Gasteiger partial charge >= 0.3 is 0 Å². The quantitative estimate of drug-likeness (QED) is 0.772. The number of carbonyl (C=O) groups excluding carboxylic acids is 1. The molecule has 1 unspecified atom stereocenters. The summed E-state index contributed by atoms with van der Waals surface area (Å²) in [4.78, 5) is 11.7. The summed E-state index contributed by atoms with van der Waals surface area (Å²) in [5.41, 5.74) is 0.271. The van der Waals surface area contributed by atoms with E-state index in [1.807, 2.05) is 13.0 Å². The Labute approximate surface area is 91.9 Å². The molecule has 1 N–H and O–H groups in total. The van der Waals surface area contributed by atoms with Crippen LogP contribution in [0.3, 0.4) is 0 Å². The summed E-state index contributed by atoms with van der Waals surface area (Å²) in [6.07, 6.45) is 0.579. The van der Waals surface area contributed by atoms with Crippen LogP contribution >= 0.6 is 0 Å². The van der Waals surface area contributed by atoms with Gasteiger partial charge in [0.1, 0.15) is 5.92 Å². The van der Waals surface area contributed by atoms with Crippen LogP contribution in [0.1, 0.15) is 41.0 Å². The molecule has 1 aliphatic carbocycles. The van der Waals surface area contributed by atoms with Gasteiger partial charge in [-0.05, 0) is 17.3 Å². The van der Waals surface area contributed by atoms with Gasteiger partial charge in [0.25, 0.3) is 0 Å². The largest absolute Gasteiger partial charge is 0.351 e. The summed E-state index contributed by atoms with van der Waals surface area (Å²) < 4.78 is 0. The lowest BCUT2D eigenvalue weighted by Crippen LogP contribution is -2.34. The molecule has 1 aliphatic rings. The first-order valence-corrected chi connectivity index (χ1v) is 5.49. The predicted octanol–water partition coefficient (Wildman–Crippen LogP) is 2.09. The van der Waals surface area contributed by atoms with E-state index >= 15 is 0 Å². The van der Waals surface area contributed by atoms with Crippen LogP contribution in [0.25, 0.3) is 0 Å². The zero-order valence-corrected chi connectivity index (χ0v) is 10.2. The maximum Gasteiger partial charge on any atom is 0.237 e. The minimum atomic E-state index is -0.503. The maximum atomic E-state index is 11.7. The Bertz CT molecular complexity index is 298. The van der Waals surface area contributed by atoms with Crippen molar-refractivity contribution in [1.82, 2.24) is 5.32 Å². The van der Waals surface area contributed by atoms with Crippen molar-refractivity contribution in [1.29, 1.82) is 5.26 Å². The Balaban J connectivity index is 2.60. The molecule has 0 spiro atoms. The summed E-state index contributed by atoms with van der Waals surface area (Å²) in [7, 11) is 0. The third kappa shape index (κ3) is 1.73. The van der Waals surface area contributed by atoms with E-state index < -0.39 is 5.92 Å². The van der Waals surface area contributed by atoms with Crippen molar-refractivity contribution >= 4 is 5.91 Å². The minimum Gasteiger partial charge on any atom is -0.351 e. The van der Waals surface area contributed by atoms with E-state index in [4.69, 9.17) is 5.26 Å². The van der Waals surface area contributed by atoms with Gasteiger partial charge in [-0.3, -0.25) is 4.79 Å². The molecule has 0 radical (unpaired) electrons. The summed E-state index contributed by atoms with van der Waals surface area (Å²) in [6.45, 7) is 10.4. The minimum absolute atomic E-state index is 0.122. The van der Waals surface area contributed by atoms with Crippen molar-refractivity contribution in [2.45, 2.75) is 47.1 Å². The molecule has 15 heavy (non-hydrogen) atoms. The second-order valence-corrected chi connectivity index (χ2v) is 5.47. The van der Waals surface area contributed by atoms with Crippen LogP contribution in [0.2, 0.25) is 0 Å². The molecule has 0 heterocycles. The Morgan fingerprint density at radius 3 is 2.13 bits per heavy atom. The molecule has 0 aliphatic heterocycles. The van der Waals surface area contributed by atoms with E-state index in [0.29, 0.717) is 6.42 Å². The lowest BCUT2D eigenvalue weighted by molar-refractivity contribution is -0.123. The number of nitrogens with one attached hydrogen (secondary N) is 1. The van der Waals surface area contributed by atoms with Crippen molar-refractivity contribution in [2.24, 2.45) is 16.7 Å². The number of rotatable bonds is 3. The van der Waals surface area contributed by atoms with Crippen molar-refractivity contribution in [3.63, 3.8) is 0 Å². The average Bonchev–Trinajstić information content (AvgIpc) is 2.50. The first kappa shape index (κ1) is 12.0. The number of hydrogen-bond acceptors (Lipinski definition) is 2. The van der Waals surface area contributed by atoms with Crippen LogP contribution in [0.4, 0.5) is 0 Å². The third-order valence-electron chi connectivity index (χ3n) is 4.19. The predicted molar refractivity (Wildman–Crippen MR) is 58.9 cm³/mol. The lowest BCUT2D eigenvalue weighted by Gasteiger charge is -2.09. The van der Waals surface area contributed by atoms with Crippen LogP contribution in [0.15, 0.2) is 0 Å². The molecule has 1 atom stereocenters. The Morgan fingerprint density at radius 2 is 1.87 bits per heavy atom. The van der Waals surface area contributed by atoms with Crippen molar-refractivity contribution in [2.75, 3.05) is 0 Å². The lowest BCUT2D eigenvalue weighted by atomic mass is 10.0. The Kier molecular flexibility index (Phi) is 2.82. The van der Waals surface area contributed by atoms with Crippen molar-refractivity contribution < 1.29 is 4.79 Å². The molecule has 0 saturated heterocycles. The second-order valence-electron chi connectivity index (χ2n) is 5.47. The number of amides is 1. The van der Waals surface area contributed by atoms with Crippen LogP contribution < -0.4 is 5.32 Å². The number of nitrogens with zero attached hydrogens (tertiary/aromatic N) is 1. The molecule has 0 bridgehead atoms. The van der Waals surface area contributed by atoms with Crippen molar-refractivity contribution in [3.8, 4) is 6.07 Å². The molecule has 0 aromatic rings. The fraction of sp³-hybridized carbons (Fsp3) is 0.833. The van der Waals surface area contributed by atoms with E-state index in [-0.39, 0.29) is 22.8 Å². The normalized spacial score (nSPS) is 24.0. The topological polar surface area (TPSA) is 52.9 Å². The molecule has 1 amide bonds. The van der Waals surface area contributed by atoms with Gasteiger partial charge in [-0.2, -0.15) is 5.26 Å². The smallest absolute Gasteiger partial charge is 0.237 e. The molecule has 3 heteroatoms. The highest BCUT2D eigenvalue weighted by atomic mass is 16.2. The van der Waals surface area contributed by atoms with E-state index in [1.165, 1.54) is 0 Å². The summed E-state index contributed by atoms with van der Waals surface area (Å²) in [6, 6.07) is 2.22. The zero-order valence-electron chi connectivity index (χ0n) is 10.2. The first-order valence-electron chi connectivity index (χ1n) is 5.49. The Hall–Kier alpha value is -1.04. The van der Waals surface area contributed by atoms with Gasteiger partial charge < -0.3 is 5.32 Å². The monoisotopic (exact) mass is 208 g/mol. The van der Waals surface area contributed by atoms with Crippen LogP contribution in [-0.4, -0.2) is 11.9 Å². The van der Waals surface area contributed by atoms with E-state index in [9.17, 15) is 4.79 Å². The standard InChI is InChI=1S/C12H20N2O/c1-6-8(7-13)9(15)14-10-11(2,3)12(10,4)5/h8,10H,6H2,1-5H3,(H,14,15). The molecule has 1 rings (SSSR count). The van der Waals surface area contributed by atoms with Gasteiger partial charge in [0.15, 0.2) is 0 Å². The molecule has 1 fully saturated rings. The highest BCUT2D eigenvalue weighted by Crippen LogP contribution is 2.62. The summed E-state index contributed by atoms with van der Waals surface area (Å²) >= 11 is 0. The van der Waals surface area contributed by atoms with E-state index in [0.717, 1.165) is 0 Å². The average molecular weight is 208 g/mol. The van der Waals surface area contributed by atoms with Crippen molar-refractivity contribution in [3.05, 3.63) is 0 Å². The molecular formula is C12H20N2O. The van der Waals surface area contributed by atoms with E-state index in [2.05, 4.69) is 33.0 Å². The first-order chi connectivity index (χ1) is 6.79. The van der Waals surface area contributed by atoms with Gasteiger partial charge in [-0.1, -0.05) is 34.6 Å². The number of carbonyl (C=O) groups is 1. The molecule has 84 valence electrons. The maximum absolute atomic E-state index is 11.7. The van der Waals surface area contributed by atoms with Crippen LogP contribution in [0, 0.1) is 28.1 Å². The molecule has 1 saturated carbocycles. The van der Waals surface area contributed by atoms with Crippen LogP contribution in [0.5, 0.6) is 0 Å². The molecular weight excluding hydrogens is 188 g/mol. The van der Waals surface area contributed by atoms with Gasteiger partial charge in [0.05, 0.1) is 6.07 Å². The molecule has 0 aromatic heterocycles. The van der Waals surface area contributed by atoms with E-state index in [1.54, 1.807) is 0 Å².